The second-order valence-corrected chi connectivity index (χ2v) is 4.37. The number of unbranched alkanes of at least 4 members (excludes halogenated alkanes) is 1. The minimum absolute atomic E-state index is 0.104. The molecule has 4 N–H and O–H groups in total. The Morgan fingerprint density at radius 2 is 1.44 bits per heavy atom. The molecule has 0 bridgehead atoms. The van der Waals surface area contributed by atoms with Crippen molar-refractivity contribution in [3.05, 3.63) is 0 Å². The van der Waals surface area contributed by atoms with Crippen molar-refractivity contribution < 1.29 is 30.0 Å². The third-order valence-corrected chi connectivity index (χ3v) is 2.72. The van der Waals surface area contributed by atoms with Crippen molar-refractivity contribution in [2.75, 3.05) is 6.61 Å². The Morgan fingerprint density at radius 3 is 1.94 bits per heavy atom. The Labute approximate surface area is 106 Å². The summed E-state index contributed by atoms with van der Waals surface area (Å²) in [7, 11) is 0. The Hall–Kier alpha value is -0.980. The molecule has 0 saturated carbocycles. The van der Waals surface area contributed by atoms with Crippen LogP contribution in [0.25, 0.3) is 0 Å². The predicted octanol–water partition coefficient (Wildman–Crippen LogP) is 0.0849. The molecule has 0 aromatic carbocycles. The van der Waals surface area contributed by atoms with Gasteiger partial charge in [-0.2, -0.15) is 0 Å². The molecule has 106 valence electrons. The van der Waals surface area contributed by atoms with Crippen molar-refractivity contribution >= 4 is 11.8 Å². The van der Waals surface area contributed by atoms with Gasteiger partial charge in [-0.3, -0.25) is 4.79 Å². The molecule has 6 heteroatoms. The zero-order valence-electron chi connectivity index (χ0n) is 10.4. The van der Waals surface area contributed by atoms with Gasteiger partial charge in [0.05, 0.1) is 12.2 Å². The minimum atomic E-state index is -1.48. The number of hydrogen-bond donors (Lipinski definition) is 4. The maximum absolute atomic E-state index is 10.8. The Morgan fingerprint density at radius 1 is 0.889 bits per heavy atom. The lowest BCUT2D eigenvalue weighted by Gasteiger charge is -2.13. The number of carboxylic acid groups (broad SMARTS) is 1. The monoisotopic (exact) mass is 262 g/mol. The highest BCUT2D eigenvalue weighted by molar-refractivity contribution is 6.32. The van der Waals surface area contributed by atoms with Crippen molar-refractivity contribution in [2.45, 2.75) is 57.2 Å². The van der Waals surface area contributed by atoms with Crippen LogP contribution in [0.1, 0.15) is 44.9 Å². The first-order valence-corrected chi connectivity index (χ1v) is 6.20. The lowest BCUT2D eigenvalue weighted by atomic mass is 10.0. The largest absolute Gasteiger partial charge is 0.476 e. The SMILES string of the molecule is O=C(O)C(=O)CCC(O)CCC(O)CCCCO. The van der Waals surface area contributed by atoms with Crippen molar-refractivity contribution in [1.29, 1.82) is 0 Å². The van der Waals surface area contributed by atoms with Crippen molar-refractivity contribution in [3.63, 3.8) is 0 Å². The first kappa shape index (κ1) is 17.0. The first-order chi connectivity index (χ1) is 8.47. The molecule has 0 spiro atoms. The van der Waals surface area contributed by atoms with E-state index in [9.17, 15) is 19.8 Å². The van der Waals surface area contributed by atoms with E-state index in [-0.39, 0.29) is 19.4 Å². The molecule has 0 aliphatic heterocycles. The van der Waals surface area contributed by atoms with E-state index in [0.29, 0.717) is 25.7 Å². The fourth-order valence-electron chi connectivity index (χ4n) is 1.57. The van der Waals surface area contributed by atoms with Gasteiger partial charge in [-0.25, -0.2) is 4.79 Å². The fourth-order valence-corrected chi connectivity index (χ4v) is 1.57. The highest BCUT2D eigenvalue weighted by Crippen LogP contribution is 2.11. The van der Waals surface area contributed by atoms with Crippen molar-refractivity contribution in [3.8, 4) is 0 Å². The smallest absolute Gasteiger partial charge is 0.372 e. The van der Waals surface area contributed by atoms with Crippen LogP contribution in [0.5, 0.6) is 0 Å². The van der Waals surface area contributed by atoms with Crippen LogP contribution in [0.2, 0.25) is 0 Å². The molecule has 0 aromatic heterocycles. The maximum Gasteiger partial charge on any atom is 0.372 e. The van der Waals surface area contributed by atoms with Crippen LogP contribution >= 0.6 is 0 Å². The third-order valence-electron chi connectivity index (χ3n) is 2.72. The lowest BCUT2D eigenvalue weighted by Crippen LogP contribution is -2.18. The van der Waals surface area contributed by atoms with Gasteiger partial charge >= 0.3 is 5.97 Å². The Bertz CT molecular complexity index is 253. The average Bonchev–Trinajstić information content (AvgIpc) is 2.33. The Kier molecular flexibility index (Phi) is 9.45. The van der Waals surface area contributed by atoms with E-state index in [4.69, 9.17) is 10.2 Å². The molecule has 0 rings (SSSR count). The summed E-state index contributed by atoms with van der Waals surface area (Å²) in [5, 5.41) is 35.9. The van der Waals surface area contributed by atoms with Gasteiger partial charge in [0.15, 0.2) is 0 Å². The van der Waals surface area contributed by atoms with Gasteiger partial charge in [-0.05, 0) is 38.5 Å². The quantitative estimate of drug-likeness (QED) is 0.310. The van der Waals surface area contributed by atoms with E-state index in [1.165, 1.54) is 0 Å². The summed E-state index contributed by atoms with van der Waals surface area (Å²) in [4.78, 5) is 21.0. The minimum Gasteiger partial charge on any atom is -0.476 e. The molecular formula is C12H22O6. The number of ketones is 1. The summed E-state index contributed by atoms with van der Waals surface area (Å²) >= 11 is 0. The molecule has 0 fully saturated rings. The zero-order valence-corrected chi connectivity index (χ0v) is 10.4. The zero-order chi connectivity index (χ0) is 14.0. The number of carbonyl (C=O) groups excluding carboxylic acids is 1. The molecule has 18 heavy (non-hydrogen) atoms. The highest BCUT2D eigenvalue weighted by Gasteiger charge is 2.15. The molecule has 0 aliphatic carbocycles. The van der Waals surface area contributed by atoms with E-state index < -0.39 is 24.0 Å². The first-order valence-electron chi connectivity index (χ1n) is 6.20. The number of carbonyl (C=O) groups is 2. The molecule has 0 saturated heterocycles. The second-order valence-electron chi connectivity index (χ2n) is 4.37. The Balaban J connectivity index is 3.60. The van der Waals surface area contributed by atoms with E-state index in [1.54, 1.807) is 0 Å². The molecule has 0 heterocycles. The number of aliphatic carboxylic acids is 1. The summed E-state index contributed by atoms with van der Waals surface area (Å²) in [5.41, 5.74) is 0. The van der Waals surface area contributed by atoms with Crippen LogP contribution in [0.3, 0.4) is 0 Å². The van der Waals surface area contributed by atoms with Gasteiger partial charge in [-0.1, -0.05) is 0 Å². The van der Waals surface area contributed by atoms with Gasteiger partial charge < -0.3 is 20.4 Å². The van der Waals surface area contributed by atoms with Gasteiger partial charge in [0, 0.05) is 13.0 Å². The van der Waals surface area contributed by atoms with E-state index in [2.05, 4.69) is 0 Å². The van der Waals surface area contributed by atoms with Gasteiger partial charge in [0.25, 0.3) is 0 Å². The predicted molar refractivity (Wildman–Crippen MR) is 64.1 cm³/mol. The van der Waals surface area contributed by atoms with Crippen molar-refractivity contribution in [1.82, 2.24) is 0 Å². The fraction of sp³-hybridized carbons (Fsp3) is 0.833. The molecular weight excluding hydrogens is 240 g/mol. The molecule has 2 unspecified atom stereocenters. The van der Waals surface area contributed by atoms with Crippen LogP contribution in [-0.4, -0.2) is 51.0 Å². The summed E-state index contributed by atoms with van der Waals surface area (Å²) in [5.74, 6) is -2.39. The maximum atomic E-state index is 10.8. The topological polar surface area (TPSA) is 115 Å². The second kappa shape index (κ2) is 9.99. The van der Waals surface area contributed by atoms with Crippen LogP contribution < -0.4 is 0 Å². The molecule has 0 aliphatic rings. The standard InChI is InChI=1S/C12H22O6/c13-8-2-1-3-9(14)4-5-10(15)6-7-11(16)12(17)18/h9-10,13-15H,1-8H2,(H,17,18). The molecule has 2 atom stereocenters. The van der Waals surface area contributed by atoms with Crippen LogP contribution in [0, 0.1) is 0 Å². The van der Waals surface area contributed by atoms with Gasteiger partial charge in [0.2, 0.25) is 5.78 Å². The van der Waals surface area contributed by atoms with Gasteiger partial charge in [0.1, 0.15) is 0 Å². The summed E-state index contributed by atoms with van der Waals surface area (Å²) in [6.45, 7) is 0.104. The lowest BCUT2D eigenvalue weighted by molar-refractivity contribution is -0.149. The molecule has 0 amide bonds. The van der Waals surface area contributed by atoms with Crippen LogP contribution in [0.15, 0.2) is 0 Å². The number of hydrogen-bond acceptors (Lipinski definition) is 5. The number of aliphatic hydroxyl groups excluding tert-OH is 3. The average molecular weight is 262 g/mol. The van der Waals surface area contributed by atoms with E-state index in [0.717, 1.165) is 6.42 Å². The molecule has 0 radical (unpaired) electrons. The van der Waals surface area contributed by atoms with Gasteiger partial charge in [-0.15, -0.1) is 0 Å². The number of Topliss-reactive ketones (excluding diaryl/α,β-unsaturated/α-hetero) is 1. The third kappa shape index (κ3) is 9.09. The normalized spacial score (nSPS) is 14.2. The number of carboxylic acids is 1. The highest BCUT2D eigenvalue weighted by atomic mass is 16.4. The van der Waals surface area contributed by atoms with Crippen molar-refractivity contribution in [2.24, 2.45) is 0 Å². The number of aliphatic hydroxyl groups is 3. The number of rotatable bonds is 11. The molecule has 6 nitrogen and oxygen atoms in total. The summed E-state index contributed by atoms with van der Waals surface area (Å²) in [6.07, 6.45) is 1.33. The summed E-state index contributed by atoms with van der Waals surface area (Å²) < 4.78 is 0. The van der Waals surface area contributed by atoms with E-state index >= 15 is 0 Å². The summed E-state index contributed by atoms with van der Waals surface area (Å²) in [6, 6.07) is 0. The van der Waals surface area contributed by atoms with Crippen LogP contribution in [-0.2, 0) is 9.59 Å². The van der Waals surface area contributed by atoms with Crippen LogP contribution in [0.4, 0.5) is 0 Å². The molecule has 0 aromatic rings. The van der Waals surface area contributed by atoms with E-state index in [1.807, 2.05) is 0 Å².